The normalized spacial score (nSPS) is 14.6. The fraction of sp³-hybridized carbons (Fsp3) is 0.190. The number of amides is 1. The highest BCUT2D eigenvalue weighted by atomic mass is 19.4. The van der Waals surface area contributed by atoms with Crippen LogP contribution < -0.4 is 5.56 Å². The third-order valence-corrected chi connectivity index (χ3v) is 5.06. The number of hydrogen-bond donors (Lipinski definition) is 0. The molecular formula is C21H15F4N3O2. The quantitative estimate of drug-likeness (QED) is 0.479. The third kappa shape index (κ3) is 3.36. The van der Waals surface area contributed by atoms with Crippen LogP contribution in [0.4, 0.5) is 17.6 Å². The van der Waals surface area contributed by atoms with Gasteiger partial charge in [-0.05, 0) is 35.9 Å². The van der Waals surface area contributed by atoms with E-state index in [4.69, 9.17) is 0 Å². The molecule has 1 aromatic carbocycles. The monoisotopic (exact) mass is 417 g/mol. The Morgan fingerprint density at radius 2 is 1.80 bits per heavy atom. The van der Waals surface area contributed by atoms with Gasteiger partial charge in [-0.1, -0.05) is 18.7 Å². The highest BCUT2D eigenvalue weighted by molar-refractivity contribution is 5.91. The van der Waals surface area contributed by atoms with E-state index in [0.29, 0.717) is 16.6 Å². The Bertz CT molecular complexity index is 1210. The van der Waals surface area contributed by atoms with Crippen molar-refractivity contribution in [2.75, 3.05) is 13.1 Å². The second-order valence-electron chi connectivity index (χ2n) is 6.99. The van der Waals surface area contributed by atoms with Gasteiger partial charge in [-0.3, -0.25) is 14.2 Å². The van der Waals surface area contributed by atoms with Crippen molar-refractivity contribution in [3.05, 3.63) is 77.0 Å². The summed E-state index contributed by atoms with van der Waals surface area (Å²) in [6.07, 6.45) is -2.96. The number of benzene rings is 1. The molecule has 2 aromatic heterocycles. The average molecular weight is 417 g/mol. The molecule has 4 rings (SSSR count). The zero-order valence-corrected chi connectivity index (χ0v) is 15.5. The number of alkyl halides is 3. The molecule has 3 heterocycles. The first-order valence-electron chi connectivity index (χ1n) is 8.98. The SMILES string of the molecule is C=C(F)C(=O)N1CC(n2c(=O)c(-c3ccc(C(F)(F)F)cc3)cc3cccnc32)C1. The van der Waals surface area contributed by atoms with E-state index in [-0.39, 0.29) is 18.7 Å². The molecule has 1 aliphatic heterocycles. The predicted molar refractivity (Wildman–Crippen MR) is 102 cm³/mol. The van der Waals surface area contributed by atoms with Gasteiger partial charge in [0.1, 0.15) is 5.65 Å². The maximum atomic E-state index is 13.2. The summed E-state index contributed by atoms with van der Waals surface area (Å²) in [5, 5.41) is 0.617. The topological polar surface area (TPSA) is 55.2 Å². The Morgan fingerprint density at radius 1 is 1.13 bits per heavy atom. The standard InChI is InChI=1S/C21H15F4N3O2/c1-12(22)19(29)27-10-16(11-27)28-18-14(3-2-8-26-18)9-17(20(28)30)13-4-6-15(7-5-13)21(23,24)25/h2-9,16H,1,10-11H2. The molecule has 0 bridgehead atoms. The van der Waals surface area contributed by atoms with Gasteiger partial charge >= 0.3 is 6.18 Å². The number of rotatable bonds is 3. The van der Waals surface area contributed by atoms with Crippen LogP contribution in [0, 0.1) is 0 Å². The van der Waals surface area contributed by atoms with Gasteiger partial charge < -0.3 is 4.90 Å². The van der Waals surface area contributed by atoms with E-state index in [9.17, 15) is 27.2 Å². The van der Waals surface area contributed by atoms with Crippen LogP contribution in [0.2, 0.25) is 0 Å². The van der Waals surface area contributed by atoms with Gasteiger partial charge in [0.15, 0.2) is 5.83 Å². The average Bonchev–Trinajstić information content (AvgIpc) is 2.67. The Kier molecular flexibility index (Phi) is 4.68. The van der Waals surface area contributed by atoms with Gasteiger partial charge in [0, 0.05) is 30.2 Å². The van der Waals surface area contributed by atoms with Crippen molar-refractivity contribution in [3.8, 4) is 11.1 Å². The number of pyridine rings is 2. The molecule has 0 radical (unpaired) electrons. The Morgan fingerprint density at radius 3 is 2.40 bits per heavy atom. The minimum atomic E-state index is -4.48. The lowest BCUT2D eigenvalue weighted by atomic mass is 10.0. The zero-order chi connectivity index (χ0) is 21.6. The highest BCUT2D eigenvalue weighted by Gasteiger charge is 2.35. The van der Waals surface area contributed by atoms with Crippen LogP contribution in [0.25, 0.3) is 22.2 Å². The van der Waals surface area contributed by atoms with Crippen LogP contribution in [0.15, 0.2) is 65.9 Å². The molecule has 0 aliphatic carbocycles. The molecular weight excluding hydrogens is 402 g/mol. The summed E-state index contributed by atoms with van der Waals surface area (Å²) in [6, 6.07) is 8.88. The van der Waals surface area contributed by atoms with Crippen molar-refractivity contribution in [3.63, 3.8) is 0 Å². The molecule has 1 amide bonds. The van der Waals surface area contributed by atoms with Crippen LogP contribution in [0.3, 0.4) is 0 Å². The number of hydrogen-bond acceptors (Lipinski definition) is 3. The van der Waals surface area contributed by atoms with Crippen LogP contribution in [-0.4, -0.2) is 33.4 Å². The minimum absolute atomic E-state index is 0.101. The van der Waals surface area contributed by atoms with Crippen LogP contribution in [0.5, 0.6) is 0 Å². The lowest BCUT2D eigenvalue weighted by Gasteiger charge is -2.40. The van der Waals surface area contributed by atoms with Gasteiger partial charge in [0.2, 0.25) is 0 Å². The fourth-order valence-electron chi connectivity index (χ4n) is 3.51. The van der Waals surface area contributed by atoms with Gasteiger partial charge in [-0.15, -0.1) is 0 Å². The Hall–Kier alpha value is -3.49. The number of nitrogens with zero attached hydrogens (tertiary/aromatic N) is 3. The third-order valence-electron chi connectivity index (χ3n) is 5.06. The first-order valence-corrected chi connectivity index (χ1v) is 8.98. The van der Waals surface area contributed by atoms with Crippen molar-refractivity contribution >= 4 is 16.9 Å². The van der Waals surface area contributed by atoms with E-state index >= 15 is 0 Å². The summed E-state index contributed by atoms with van der Waals surface area (Å²) in [6.45, 7) is 3.18. The molecule has 154 valence electrons. The van der Waals surface area contributed by atoms with E-state index in [2.05, 4.69) is 11.6 Å². The first kappa shape index (κ1) is 19.8. The van der Waals surface area contributed by atoms with E-state index in [1.54, 1.807) is 18.2 Å². The van der Waals surface area contributed by atoms with Crippen molar-refractivity contribution in [2.24, 2.45) is 0 Å². The summed E-state index contributed by atoms with van der Waals surface area (Å²) in [4.78, 5) is 30.4. The fourth-order valence-corrected chi connectivity index (χ4v) is 3.51. The van der Waals surface area contributed by atoms with Crippen LogP contribution in [-0.2, 0) is 11.0 Å². The Labute approximate surface area is 167 Å². The lowest BCUT2D eigenvalue weighted by molar-refractivity contribution is -0.137. The van der Waals surface area contributed by atoms with E-state index in [1.807, 2.05) is 0 Å². The Balaban J connectivity index is 1.78. The summed E-state index contributed by atoms with van der Waals surface area (Å²) < 4.78 is 53.1. The zero-order valence-electron chi connectivity index (χ0n) is 15.5. The summed E-state index contributed by atoms with van der Waals surface area (Å²) in [7, 11) is 0. The van der Waals surface area contributed by atoms with Gasteiger partial charge in [0.25, 0.3) is 11.5 Å². The second kappa shape index (κ2) is 7.08. The molecule has 0 atom stereocenters. The number of carbonyl (C=O) groups is 1. The molecule has 0 N–H and O–H groups in total. The second-order valence-corrected chi connectivity index (χ2v) is 6.99. The molecule has 5 nitrogen and oxygen atoms in total. The van der Waals surface area contributed by atoms with E-state index in [1.165, 1.54) is 27.8 Å². The minimum Gasteiger partial charge on any atom is -0.332 e. The number of likely N-dealkylation sites (tertiary alicyclic amines) is 1. The summed E-state index contributed by atoms with van der Waals surface area (Å²) in [5.74, 6) is -1.92. The van der Waals surface area contributed by atoms with Crippen molar-refractivity contribution in [1.29, 1.82) is 0 Å². The molecule has 0 spiro atoms. The molecule has 1 aliphatic rings. The molecule has 1 saturated heterocycles. The maximum absolute atomic E-state index is 13.2. The molecule has 30 heavy (non-hydrogen) atoms. The number of halogens is 4. The number of carbonyl (C=O) groups excluding carboxylic acids is 1. The maximum Gasteiger partial charge on any atom is 0.416 e. The van der Waals surface area contributed by atoms with Crippen LogP contribution >= 0.6 is 0 Å². The first-order chi connectivity index (χ1) is 14.2. The highest BCUT2D eigenvalue weighted by Crippen LogP contribution is 2.31. The van der Waals surface area contributed by atoms with Gasteiger partial charge in [0.05, 0.1) is 11.6 Å². The van der Waals surface area contributed by atoms with Crippen molar-refractivity contribution in [1.82, 2.24) is 14.5 Å². The molecule has 9 heteroatoms. The molecule has 0 saturated carbocycles. The molecule has 1 fully saturated rings. The van der Waals surface area contributed by atoms with Crippen molar-refractivity contribution < 1.29 is 22.4 Å². The predicted octanol–water partition coefficient (Wildman–Crippen LogP) is 3.95. The van der Waals surface area contributed by atoms with Gasteiger partial charge in [-0.2, -0.15) is 13.2 Å². The summed E-state index contributed by atoms with van der Waals surface area (Å²) in [5.41, 5.74) is -0.333. The number of fused-ring (bicyclic) bond motifs is 1. The van der Waals surface area contributed by atoms with Gasteiger partial charge in [-0.25, -0.2) is 9.37 Å². The molecule has 0 unspecified atom stereocenters. The largest absolute Gasteiger partial charge is 0.416 e. The van der Waals surface area contributed by atoms with E-state index in [0.717, 1.165) is 12.1 Å². The number of aromatic nitrogens is 2. The smallest absolute Gasteiger partial charge is 0.332 e. The van der Waals surface area contributed by atoms with Crippen molar-refractivity contribution in [2.45, 2.75) is 12.2 Å². The molecule has 3 aromatic rings. The summed E-state index contributed by atoms with van der Waals surface area (Å²) >= 11 is 0. The van der Waals surface area contributed by atoms with E-state index < -0.39 is 35.1 Å². The lowest BCUT2D eigenvalue weighted by Crippen LogP contribution is -2.53. The van der Waals surface area contributed by atoms with Crippen LogP contribution in [0.1, 0.15) is 11.6 Å².